The summed E-state index contributed by atoms with van der Waals surface area (Å²) in [7, 11) is -2.17. The first-order valence-electron chi connectivity index (χ1n) is 9.68. The first-order chi connectivity index (χ1) is 14.0. The standard InChI is InChI=1S/C21H26N2O4S2/c1-3-28-20-10-6-5-9-18(20)22-21(24)17-15-16(11-12-19(17)27-2)29(25,26)23-13-7-4-8-14-23/h5-6,9-12,15H,3-4,7-8,13-14H2,1-2H3,(H,22,24). The topological polar surface area (TPSA) is 75.7 Å². The summed E-state index contributed by atoms with van der Waals surface area (Å²) in [6.07, 6.45) is 2.75. The molecule has 2 aromatic carbocycles. The number of carbonyl (C=O) groups is 1. The van der Waals surface area contributed by atoms with Crippen LogP contribution in [0.3, 0.4) is 0 Å². The number of piperidine rings is 1. The Hall–Kier alpha value is -2.03. The van der Waals surface area contributed by atoms with E-state index >= 15 is 0 Å². The highest BCUT2D eigenvalue weighted by Crippen LogP contribution is 2.30. The molecule has 0 spiro atoms. The molecule has 1 aliphatic rings. The van der Waals surface area contributed by atoms with Crippen LogP contribution in [0, 0.1) is 0 Å². The number of ether oxygens (including phenoxy) is 1. The Morgan fingerprint density at radius 1 is 1.14 bits per heavy atom. The average molecular weight is 435 g/mol. The first-order valence-corrected chi connectivity index (χ1v) is 12.1. The van der Waals surface area contributed by atoms with Gasteiger partial charge < -0.3 is 10.1 Å². The van der Waals surface area contributed by atoms with E-state index in [-0.39, 0.29) is 10.5 Å². The fourth-order valence-corrected chi connectivity index (χ4v) is 5.62. The Morgan fingerprint density at radius 3 is 2.55 bits per heavy atom. The summed E-state index contributed by atoms with van der Waals surface area (Å²) in [4.78, 5) is 14.1. The van der Waals surface area contributed by atoms with Crippen LogP contribution < -0.4 is 10.1 Å². The molecule has 1 N–H and O–H groups in total. The molecular formula is C21H26N2O4S2. The van der Waals surface area contributed by atoms with E-state index in [0.29, 0.717) is 24.5 Å². The smallest absolute Gasteiger partial charge is 0.259 e. The normalized spacial score (nSPS) is 15.1. The van der Waals surface area contributed by atoms with E-state index < -0.39 is 15.9 Å². The zero-order valence-electron chi connectivity index (χ0n) is 16.7. The molecule has 0 aliphatic carbocycles. The van der Waals surface area contributed by atoms with Gasteiger partial charge in [-0.15, -0.1) is 11.8 Å². The molecule has 6 nitrogen and oxygen atoms in total. The highest BCUT2D eigenvalue weighted by Gasteiger charge is 2.27. The van der Waals surface area contributed by atoms with Crippen LogP contribution in [-0.2, 0) is 10.0 Å². The Bertz CT molecular complexity index is 970. The van der Waals surface area contributed by atoms with Crippen molar-refractivity contribution in [3.63, 3.8) is 0 Å². The monoisotopic (exact) mass is 434 g/mol. The minimum atomic E-state index is -3.64. The third kappa shape index (κ3) is 4.94. The summed E-state index contributed by atoms with van der Waals surface area (Å²) in [5.41, 5.74) is 0.887. The molecule has 156 valence electrons. The maximum atomic E-state index is 13.0. The van der Waals surface area contributed by atoms with Gasteiger partial charge in [-0.1, -0.05) is 25.5 Å². The molecular weight excluding hydrogens is 408 g/mol. The van der Waals surface area contributed by atoms with Crippen molar-refractivity contribution in [1.82, 2.24) is 4.31 Å². The van der Waals surface area contributed by atoms with Gasteiger partial charge in [0.05, 0.1) is 23.3 Å². The largest absolute Gasteiger partial charge is 0.496 e. The number of amides is 1. The van der Waals surface area contributed by atoms with Crippen molar-refractivity contribution >= 4 is 33.4 Å². The minimum Gasteiger partial charge on any atom is -0.496 e. The number of thioether (sulfide) groups is 1. The average Bonchev–Trinajstić information content (AvgIpc) is 2.75. The highest BCUT2D eigenvalue weighted by atomic mass is 32.2. The zero-order valence-corrected chi connectivity index (χ0v) is 18.3. The van der Waals surface area contributed by atoms with Gasteiger partial charge in [-0.25, -0.2) is 8.42 Å². The predicted molar refractivity (Wildman–Crippen MR) is 116 cm³/mol. The van der Waals surface area contributed by atoms with Crippen molar-refractivity contribution < 1.29 is 17.9 Å². The number of para-hydroxylation sites is 1. The van der Waals surface area contributed by atoms with Gasteiger partial charge in [0.2, 0.25) is 10.0 Å². The van der Waals surface area contributed by atoms with Gasteiger partial charge in [0.15, 0.2) is 0 Å². The van der Waals surface area contributed by atoms with Crippen LogP contribution in [-0.4, -0.2) is 44.6 Å². The Morgan fingerprint density at radius 2 is 1.86 bits per heavy atom. The highest BCUT2D eigenvalue weighted by molar-refractivity contribution is 7.99. The van der Waals surface area contributed by atoms with E-state index in [1.54, 1.807) is 17.8 Å². The summed E-state index contributed by atoms with van der Waals surface area (Å²) >= 11 is 1.63. The molecule has 1 saturated heterocycles. The van der Waals surface area contributed by atoms with E-state index in [2.05, 4.69) is 5.32 Å². The fourth-order valence-electron chi connectivity index (χ4n) is 3.32. The number of nitrogens with one attached hydrogen (secondary N) is 1. The van der Waals surface area contributed by atoms with Crippen LogP contribution >= 0.6 is 11.8 Å². The Kier molecular flexibility index (Phi) is 7.21. The summed E-state index contributed by atoms with van der Waals surface area (Å²) in [6.45, 7) is 3.07. The van der Waals surface area contributed by atoms with E-state index in [1.807, 2.05) is 31.2 Å². The summed E-state index contributed by atoms with van der Waals surface area (Å²) in [5.74, 6) is 0.808. The number of hydrogen-bond acceptors (Lipinski definition) is 5. The third-order valence-electron chi connectivity index (χ3n) is 4.80. The van der Waals surface area contributed by atoms with E-state index in [9.17, 15) is 13.2 Å². The zero-order chi connectivity index (χ0) is 20.9. The van der Waals surface area contributed by atoms with Crippen molar-refractivity contribution in [2.75, 3.05) is 31.3 Å². The molecule has 1 aliphatic heterocycles. The van der Waals surface area contributed by atoms with Crippen LogP contribution in [0.2, 0.25) is 0 Å². The molecule has 1 amide bonds. The molecule has 0 unspecified atom stereocenters. The molecule has 0 radical (unpaired) electrons. The molecule has 0 saturated carbocycles. The predicted octanol–water partition coefficient (Wildman–Crippen LogP) is 4.23. The summed E-state index contributed by atoms with van der Waals surface area (Å²) in [6, 6.07) is 12.0. The van der Waals surface area contributed by atoms with E-state index in [4.69, 9.17) is 4.74 Å². The van der Waals surface area contributed by atoms with Crippen molar-refractivity contribution in [3.8, 4) is 5.75 Å². The van der Waals surface area contributed by atoms with Gasteiger partial charge in [0.25, 0.3) is 5.91 Å². The number of sulfonamides is 1. The number of rotatable bonds is 7. The lowest BCUT2D eigenvalue weighted by atomic mass is 10.2. The Labute approximate surface area is 176 Å². The molecule has 29 heavy (non-hydrogen) atoms. The second-order valence-corrected chi connectivity index (χ2v) is 9.95. The molecule has 3 rings (SSSR count). The molecule has 0 atom stereocenters. The number of nitrogens with zero attached hydrogens (tertiary/aromatic N) is 1. The number of hydrogen-bond donors (Lipinski definition) is 1. The number of carbonyl (C=O) groups excluding carboxylic acids is 1. The number of anilines is 1. The van der Waals surface area contributed by atoms with Crippen LogP contribution in [0.15, 0.2) is 52.3 Å². The first kappa shape index (κ1) is 21.7. The number of methoxy groups -OCH3 is 1. The lowest BCUT2D eigenvalue weighted by Gasteiger charge is -2.26. The second kappa shape index (κ2) is 9.65. The van der Waals surface area contributed by atoms with Gasteiger partial charge in [0.1, 0.15) is 5.75 Å². The molecule has 0 aromatic heterocycles. The van der Waals surface area contributed by atoms with Crippen LogP contribution in [0.25, 0.3) is 0 Å². The summed E-state index contributed by atoms with van der Waals surface area (Å²) < 4.78 is 32.8. The van der Waals surface area contributed by atoms with Gasteiger partial charge in [-0.2, -0.15) is 4.31 Å². The molecule has 0 bridgehead atoms. The van der Waals surface area contributed by atoms with Crippen molar-refractivity contribution in [3.05, 3.63) is 48.0 Å². The third-order valence-corrected chi connectivity index (χ3v) is 7.65. The molecule has 1 fully saturated rings. The Balaban J connectivity index is 1.92. The van der Waals surface area contributed by atoms with Crippen molar-refractivity contribution in [1.29, 1.82) is 0 Å². The van der Waals surface area contributed by atoms with Crippen molar-refractivity contribution in [2.24, 2.45) is 0 Å². The maximum absolute atomic E-state index is 13.0. The second-order valence-electron chi connectivity index (χ2n) is 6.71. The van der Waals surface area contributed by atoms with Gasteiger partial charge in [0, 0.05) is 18.0 Å². The summed E-state index contributed by atoms with van der Waals surface area (Å²) in [5, 5.41) is 2.90. The van der Waals surface area contributed by atoms with Gasteiger partial charge in [-0.05, 0) is 48.9 Å². The van der Waals surface area contributed by atoms with Gasteiger partial charge >= 0.3 is 0 Å². The van der Waals surface area contributed by atoms with Crippen LogP contribution in [0.4, 0.5) is 5.69 Å². The van der Waals surface area contributed by atoms with Crippen LogP contribution in [0.5, 0.6) is 5.75 Å². The lowest BCUT2D eigenvalue weighted by Crippen LogP contribution is -2.35. The number of benzene rings is 2. The molecule has 8 heteroatoms. The molecule has 2 aromatic rings. The SMILES string of the molecule is CCSc1ccccc1NC(=O)c1cc(S(=O)(=O)N2CCCCC2)ccc1OC. The van der Waals surface area contributed by atoms with E-state index in [0.717, 1.165) is 29.9 Å². The maximum Gasteiger partial charge on any atom is 0.259 e. The lowest BCUT2D eigenvalue weighted by molar-refractivity contribution is 0.102. The van der Waals surface area contributed by atoms with Crippen LogP contribution in [0.1, 0.15) is 36.5 Å². The van der Waals surface area contributed by atoms with Crippen molar-refractivity contribution in [2.45, 2.75) is 36.0 Å². The van der Waals surface area contributed by atoms with Gasteiger partial charge in [-0.3, -0.25) is 4.79 Å². The quantitative estimate of drug-likeness (QED) is 0.660. The molecule has 1 heterocycles. The minimum absolute atomic E-state index is 0.113. The fraction of sp³-hybridized carbons (Fsp3) is 0.381. The van der Waals surface area contributed by atoms with E-state index in [1.165, 1.54) is 23.5 Å².